The molecule has 3 rings (SSSR count). The van der Waals surface area contributed by atoms with E-state index in [0.29, 0.717) is 5.56 Å². The van der Waals surface area contributed by atoms with Gasteiger partial charge in [-0.2, -0.15) is 0 Å². The minimum Gasteiger partial charge on any atom is -0.478 e. The summed E-state index contributed by atoms with van der Waals surface area (Å²) in [6.45, 7) is 0. The molecule has 0 unspecified atom stereocenters. The van der Waals surface area contributed by atoms with Crippen molar-refractivity contribution in [3.8, 4) is 0 Å². The highest BCUT2D eigenvalue weighted by Gasteiger charge is 2.20. The first kappa shape index (κ1) is 15.9. The van der Waals surface area contributed by atoms with Crippen LogP contribution in [0.2, 0.25) is 0 Å². The highest BCUT2D eigenvalue weighted by atomic mass is 32.2. The first-order valence-electron chi connectivity index (χ1n) is 6.91. The van der Waals surface area contributed by atoms with Gasteiger partial charge in [-0.25, -0.2) is 21.6 Å². The maximum absolute atomic E-state index is 13.4. The third-order valence-corrected chi connectivity index (χ3v) is 4.80. The van der Waals surface area contributed by atoms with Gasteiger partial charge in [-0.3, -0.25) is 0 Å². The minimum atomic E-state index is -3.96. The highest BCUT2D eigenvalue weighted by molar-refractivity contribution is 7.93. The topological polar surface area (TPSA) is 76.4 Å². The molecular formula is C17H12FNO4S. The normalized spacial score (nSPS) is 12.0. The summed E-state index contributed by atoms with van der Waals surface area (Å²) in [4.78, 5) is 11.3. The Bertz CT molecular complexity index is 1050. The number of halogens is 1. The molecule has 2 aromatic carbocycles. The standard InChI is InChI=1S/C17H12FNO4S/c18-13-6-7-16-14(10-13)15(17(20)21)11-19(16)24(22,23)9-8-12-4-2-1-3-5-12/h1-11H,(H,20,21)/b9-8+. The van der Waals surface area contributed by atoms with E-state index in [4.69, 9.17) is 0 Å². The molecule has 0 saturated carbocycles. The molecular weight excluding hydrogens is 333 g/mol. The van der Waals surface area contributed by atoms with Crippen molar-refractivity contribution in [2.24, 2.45) is 0 Å². The molecule has 7 heteroatoms. The Morgan fingerprint density at radius 1 is 1.12 bits per heavy atom. The van der Waals surface area contributed by atoms with Crippen molar-refractivity contribution in [3.63, 3.8) is 0 Å². The number of hydrogen-bond donors (Lipinski definition) is 1. The molecule has 0 aliphatic carbocycles. The van der Waals surface area contributed by atoms with E-state index >= 15 is 0 Å². The van der Waals surface area contributed by atoms with E-state index in [-0.39, 0.29) is 16.5 Å². The first-order valence-corrected chi connectivity index (χ1v) is 8.41. The van der Waals surface area contributed by atoms with Gasteiger partial charge in [-0.15, -0.1) is 0 Å². The summed E-state index contributed by atoms with van der Waals surface area (Å²) < 4.78 is 39.3. The molecule has 0 saturated heterocycles. The van der Waals surface area contributed by atoms with Crippen LogP contribution in [0.4, 0.5) is 4.39 Å². The van der Waals surface area contributed by atoms with Crippen LogP contribution in [0.25, 0.3) is 17.0 Å². The number of carbonyl (C=O) groups is 1. The Labute approximate surface area is 137 Å². The summed E-state index contributed by atoms with van der Waals surface area (Å²) in [6, 6.07) is 12.1. The smallest absolute Gasteiger partial charge is 0.337 e. The molecule has 0 amide bonds. The van der Waals surface area contributed by atoms with Crippen molar-refractivity contribution >= 4 is 33.0 Å². The van der Waals surface area contributed by atoms with Gasteiger partial charge in [0.05, 0.1) is 16.5 Å². The zero-order chi connectivity index (χ0) is 17.3. The minimum absolute atomic E-state index is 0.0270. The van der Waals surface area contributed by atoms with Gasteiger partial charge in [-0.05, 0) is 29.8 Å². The number of aromatic nitrogens is 1. The summed E-state index contributed by atoms with van der Waals surface area (Å²) in [5.74, 6) is -1.97. The molecule has 0 aliphatic rings. The van der Waals surface area contributed by atoms with Crippen LogP contribution in [0.3, 0.4) is 0 Å². The number of carboxylic acids is 1. The van der Waals surface area contributed by atoms with E-state index in [9.17, 15) is 22.7 Å². The quantitative estimate of drug-likeness (QED) is 0.787. The lowest BCUT2D eigenvalue weighted by Crippen LogP contribution is -2.07. The number of nitrogens with zero attached hydrogens (tertiary/aromatic N) is 1. The van der Waals surface area contributed by atoms with Crippen LogP contribution in [0, 0.1) is 5.82 Å². The number of hydrogen-bond acceptors (Lipinski definition) is 3. The van der Waals surface area contributed by atoms with Crippen LogP contribution < -0.4 is 0 Å². The third kappa shape index (κ3) is 2.93. The SMILES string of the molecule is O=C(O)c1cn(S(=O)(=O)/C=C/c2ccccc2)c2ccc(F)cc12. The zero-order valence-electron chi connectivity index (χ0n) is 12.3. The summed E-state index contributed by atoms with van der Waals surface area (Å²) in [5.41, 5.74) is 0.509. The molecule has 0 aliphatic heterocycles. The largest absolute Gasteiger partial charge is 0.478 e. The molecule has 0 radical (unpaired) electrons. The highest BCUT2D eigenvalue weighted by Crippen LogP contribution is 2.25. The molecule has 0 atom stereocenters. The molecule has 3 aromatic rings. The van der Waals surface area contributed by atoms with E-state index in [2.05, 4.69) is 0 Å². The molecule has 5 nitrogen and oxygen atoms in total. The maximum atomic E-state index is 13.4. The lowest BCUT2D eigenvalue weighted by Gasteiger charge is -2.03. The summed E-state index contributed by atoms with van der Waals surface area (Å²) in [7, 11) is -3.96. The lowest BCUT2D eigenvalue weighted by atomic mass is 10.2. The Kier molecular flexibility index (Phi) is 3.94. The van der Waals surface area contributed by atoms with Crippen LogP contribution in [0.15, 0.2) is 60.1 Å². The molecule has 1 N–H and O–H groups in total. The van der Waals surface area contributed by atoms with Gasteiger partial charge in [0, 0.05) is 11.6 Å². The van der Waals surface area contributed by atoms with Crippen molar-refractivity contribution in [1.82, 2.24) is 3.97 Å². The van der Waals surface area contributed by atoms with Gasteiger partial charge in [-0.1, -0.05) is 30.3 Å². The van der Waals surface area contributed by atoms with Crippen LogP contribution in [0.1, 0.15) is 15.9 Å². The van der Waals surface area contributed by atoms with Gasteiger partial charge >= 0.3 is 5.97 Å². The van der Waals surface area contributed by atoms with Gasteiger partial charge in [0.2, 0.25) is 0 Å². The summed E-state index contributed by atoms with van der Waals surface area (Å²) in [5, 5.41) is 10.2. The molecule has 1 aromatic heterocycles. The van der Waals surface area contributed by atoms with Gasteiger partial charge in [0.25, 0.3) is 10.0 Å². The fourth-order valence-corrected chi connectivity index (χ4v) is 3.49. The predicted molar refractivity (Wildman–Crippen MR) is 88.6 cm³/mol. The van der Waals surface area contributed by atoms with Gasteiger partial charge in [0.15, 0.2) is 0 Å². The van der Waals surface area contributed by atoms with E-state index in [1.54, 1.807) is 30.3 Å². The predicted octanol–water partition coefficient (Wildman–Crippen LogP) is 3.33. The second-order valence-corrected chi connectivity index (χ2v) is 6.76. The lowest BCUT2D eigenvalue weighted by molar-refractivity contribution is 0.0699. The maximum Gasteiger partial charge on any atom is 0.337 e. The second kappa shape index (κ2) is 5.93. The Morgan fingerprint density at radius 3 is 2.50 bits per heavy atom. The Hall–Kier alpha value is -2.93. The van der Waals surface area contributed by atoms with E-state index in [0.717, 1.165) is 27.7 Å². The monoisotopic (exact) mass is 345 g/mol. The third-order valence-electron chi connectivity index (χ3n) is 3.47. The molecule has 0 bridgehead atoms. The molecule has 0 spiro atoms. The van der Waals surface area contributed by atoms with Crippen molar-refractivity contribution in [3.05, 3.63) is 77.1 Å². The van der Waals surface area contributed by atoms with Crippen molar-refractivity contribution in [1.29, 1.82) is 0 Å². The number of aromatic carboxylic acids is 1. The fraction of sp³-hybridized carbons (Fsp3) is 0. The fourth-order valence-electron chi connectivity index (χ4n) is 2.35. The number of rotatable bonds is 4. The number of benzene rings is 2. The van der Waals surface area contributed by atoms with Crippen LogP contribution in [0.5, 0.6) is 0 Å². The molecule has 24 heavy (non-hydrogen) atoms. The number of fused-ring (bicyclic) bond motifs is 1. The van der Waals surface area contributed by atoms with Crippen molar-refractivity contribution < 1.29 is 22.7 Å². The van der Waals surface area contributed by atoms with E-state index < -0.39 is 21.8 Å². The van der Waals surface area contributed by atoms with E-state index in [1.165, 1.54) is 12.1 Å². The van der Waals surface area contributed by atoms with Crippen LogP contribution in [-0.2, 0) is 10.0 Å². The van der Waals surface area contributed by atoms with Gasteiger partial charge in [0.1, 0.15) is 5.82 Å². The van der Waals surface area contributed by atoms with Crippen molar-refractivity contribution in [2.45, 2.75) is 0 Å². The number of carboxylic acid groups (broad SMARTS) is 1. The Morgan fingerprint density at radius 2 is 1.83 bits per heavy atom. The molecule has 1 heterocycles. The van der Waals surface area contributed by atoms with E-state index in [1.807, 2.05) is 0 Å². The average Bonchev–Trinajstić information content (AvgIpc) is 2.94. The van der Waals surface area contributed by atoms with Crippen LogP contribution >= 0.6 is 0 Å². The average molecular weight is 345 g/mol. The summed E-state index contributed by atoms with van der Waals surface area (Å²) >= 11 is 0. The Balaban J connectivity index is 2.15. The summed E-state index contributed by atoms with van der Waals surface area (Å²) in [6.07, 6.45) is 2.39. The second-order valence-electron chi connectivity index (χ2n) is 5.06. The zero-order valence-corrected chi connectivity index (χ0v) is 13.1. The molecule has 122 valence electrons. The van der Waals surface area contributed by atoms with Crippen LogP contribution in [-0.4, -0.2) is 23.5 Å². The molecule has 0 fully saturated rings. The first-order chi connectivity index (χ1) is 11.4. The van der Waals surface area contributed by atoms with Crippen molar-refractivity contribution in [2.75, 3.05) is 0 Å². The van der Waals surface area contributed by atoms with Gasteiger partial charge < -0.3 is 5.11 Å².